The van der Waals surface area contributed by atoms with Gasteiger partial charge in [0.05, 0.1) is 17.3 Å². The highest BCUT2D eigenvalue weighted by atomic mass is 35.5. The molecule has 2 aromatic rings. The van der Waals surface area contributed by atoms with Gasteiger partial charge in [-0.2, -0.15) is 0 Å². The van der Waals surface area contributed by atoms with Crippen LogP contribution in [-0.2, 0) is 6.54 Å². The van der Waals surface area contributed by atoms with Crippen molar-refractivity contribution in [1.29, 1.82) is 0 Å². The lowest BCUT2D eigenvalue weighted by Crippen LogP contribution is -1.94. The van der Waals surface area contributed by atoms with Gasteiger partial charge in [-0.3, -0.25) is 0 Å². The van der Waals surface area contributed by atoms with Crippen LogP contribution in [0.25, 0.3) is 11.3 Å². The van der Waals surface area contributed by atoms with Crippen LogP contribution in [0, 0.1) is 0 Å². The van der Waals surface area contributed by atoms with Crippen LogP contribution >= 0.6 is 11.6 Å². The van der Waals surface area contributed by atoms with Crippen molar-refractivity contribution in [1.82, 2.24) is 5.16 Å². The van der Waals surface area contributed by atoms with Gasteiger partial charge in [-0.05, 0) is 25.1 Å². The molecule has 4 nitrogen and oxygen atoms in total. The first-order valence-electron chi connectivity index (χ1n) is 5.33. The van der Waals surface area contributed by atoms with Crippen molar-refractivity contribution in [2.24, 2.45) is 5.73 Å². The van der Waals surface area contributed by atoms with Gasteiger partial charge >= 0.3 is 0 Å². The molecule has 1 aromatic carbocycles. The van der Waals surface area contributed by atoms with Crippen LogP contribution < -0.4 is 10.5 Å². The Kier molecular flexibility index (Phi) is 3.66. The van der Waals surface area contributed by atoms with Crippen LogP contribution in [-0.4, -0.2) is 11.8 Å². The van der Waals surface area contributed by atoms with Crippen molar-refractivity contribution < 1.29 is 9.26 Å². The summed E-state index contributed by atoms with van der Waals surface area (Å²) in [5, 5.41) is 4.38. The number of benzene rings is 1. The monoisotopic (exact) mass is 252 g/mol. The summed E-state index contributed by atoms with van der Waals surface area (Å²) in [6.07, 6.45) is 0. The lowest BCUT2D eigenvalue weighted by molar-refractivity contribution is 0.340. The summed E-state index contributed by atoms with van der Waals surface area (Å²) in [4.78, 5) is 0. The van der Waals surface area contributed by atoms with Crippen LogP contribution in [0.1, 0.15) is 12.6 Å². The summed E-state index contributed by atoms with van der Waals surface area (Å²) in [6, 6.07) is 7.27. The number of nitrogens with two attached hydrogens (primary N) is 1. The largest absolute Gasteiger partial charge is 0.492 e. The Morgan fingerprint density at radius 3 is 2.82 bits per heavy atom. The van der Waals surface area contributed by atoms with Crippen LogP contribution in [0.5, 0.6) is 5.75 Å². The third-order valence-electron chi connectivity index (χ3n) is 2.28. The Hall–Kier alpha value is -1.52. The SMILES string of the molecule is CCOc1ccc(-c2cc(CN)no2)cc1Cl. The second-order valence-electron chi connectivity index (χ2n) is 3.46. The van der Waals surface area contributed by atoms with E-state index >= 15 is 0 Å². The van der Waals surface area contributed by atoms with E-state index in [-0.39, 0.29) is 0 Å². The fourth-order valence-corrected chi connectivity index (χ4v) is 1.71. The first kappa shape index (κ1) is 12.0. The van der Waals surface area contributed by atoms with E-state index in [1.54, 1.807) is 12.1 Å². The van der Waals surface area contributed by atoms with E-state index in [4.69, 9.17) is 26.6 Å². The highest BCUT2D eigenvalue weighted by molar-refractivity contribution is 6.32. The molecule has 0 unspecified atom stereocenters. The molecule has 0 radical (unpaired) electrons. The molecule has 0 fully saturated rings. The fraction of sp³-hybridized carbons (Fsp3) is 0.250. The second-order valence-corrected chi connectivity index (χ2v) is 3.87. The number of ether oxygens (including phenoxy) is 1. The van der Waals surface area contributed by atoms with Crippen LogP contribution in [0.15, 0.2) is 28.8 Å². The van der Waals surface area contributed by atoms with Gasteiger partial charge < -0.3 is 15.0 Å². The normalized spacial score (nSPS) is 10.5. The molecule has 0 aliphatic rings. The molecule has 1 heterocycles. The topological polar surface area (TPSA) is 61.3 Å². The zero-order valence-electron chi connectivity index (χ0n) is 9.44. The van der Waals surface area contributed by atoms with E-state index in [2.05, 4.69) is 5.16 Å². The van der Waals surface area contributed by atoms with Crippen molar-refractivity contribution in [3.63, 3.8) is 0 Å². The predicted octanol–water partition coefficient (Wildman–Crippen LogP) is 2.85. The zero-order valence-corrected chi connectivity index (χ0v) is 10.2. The molecular formula is C12H13ClN2O2. The number of nitrogens with zero attached hydrogens (tertiary/aromatic N) is 1. The standard InChI is InChI=1S/C12H13ClN2O2/c1-2-16-11-4-3-8(5-10(11)13)12-6-9(7-14)15-17-12/h3-6H,2,7,14H2,1H3. The molecule has 0 aliphatic carbocycles. The molecule has 0 amide bonds. The average Bonchev–Trinajstić information content (AvgIpc) is 2.80. The molecule has 17 heavy (non-hydrogen) atoms. The van der Waals surface area contributed by atoms with Crippen molar-refractivity contribution in [2.75, 3.05) is 6.61 Å². The molecule has 0 aliphatic heterocycles. The molecule has 5 heteroatoms. The van der Waals surface area contributed by atoms with Gasteiger partial charge in [-0.1, -0.05) is 16.8 Å². The molecule has 2 N–H and O–H groups in total. The Morgan fingerprint density at radius 2 is 2.24 bits per heavy atom. The first-order valence-corrected chi connectivity index (χ1v) is 5.70. The Bertz CT molecular complexity index is 511. The summed E-state index contributed by atoms with van der Waals surface area (Å²) in [6.45, 7) is 2.85. The lowest BCUT2D eigenvalue weighted by Gasteiger charge is -2.05. The number of hydrogen-bond acceptors (Lipinski definition) is 4. The van der Waals surface area contributed by atoms with Gasteiger partial charge in [0.2, 0.25) is 0 Å². The van der Waals surface area contributed by atoms with Gasteiger partial charge in [-0.15, -0.1) is 0 Å². The van der Waals surface area contributed by atoms with Crippen molar-refractivity contribution in [2.45, 2.75) is 13.5 Å². The van der Waals surface area contributed by atoms with Crippen molar-refractivity contribution in [3.8, 4) is 17.1 Å². The number of rotatable bonds is 4. The third-order valence-corrected chi connectivity index (χ3v) is 2.58. The van der Waals surface area contributed by atoms with E-state index in [1.807, 2.05) is 19.1 Å². The molecule has 0 spiro atoms. The highest BCUT2D eigenvalue weighted by Gasteiger charge is 2.08. The van der Waals surface area contributed by atoms with Crippen LogP contribution in [0.3, 0.4) is 0 Å². The lowest BCUT2D eigenvalue weighted by atomic mass is 10.1. The number of hydrogen-bond donors (Lipinski definition) is 1. The molecule has 1 aromatic heterocycles. The van der Waals surface area contributed by atoms with E-state index in [9.17, 15) is 0 Å². The Morgan fingerprint density at radius 1 is 1.41 bits per heavy atom. The molecule has 0 saturated carbocycles. The minimum atomic E-state index is 0.355. The van der Waals surface area contributed by atoms with Gasteiger partial charge in [0.15, 0.2) is 5.76 Å². The van der Waals surface area contributed by atoms with Gasteiger partial charge in [-0.25, -0.2) is 0 Å². The maximum absolute atomic E-state index is 6.09. The quantitative estimate of drug-likeness (QED) is 0.909. The van der Waals surface area contributed by atoms with E-state index in [0.717, 1.165) is 5.56 Å². The Balaban J connectivity index is 2.30. The summed E-state index contributed by atoms with van der Waals surface area (Å²) >= 11 is 6.09. The maximum atomic E-state index is 6.09. The fourth-order valence-electron chi connectivity index (χ4n) is 1.47. The molecular weight excluding hydrogens is 240 g/mol. The highest BCUT2D eigenvalue weighted by Crippen LogP contribution is 2.30. The van der Waals surface area contributed by atoms with E-state index < -0.39 is 0 Å². The number of halogens is 1. The average molecular weight is 253 g/mol. The van der Waals surface area contributed by atoms with E-state index in [0.29, 0.717) is 35.4 Å². The smallest absolute Gasteiger partial charge is 0.167 e. The van der Waals surface area contributed by atoms with E-state index in [1.165, 1.54) is 0 Å². The van der Waals surface area contributed by atoms with Gasteiger partial charge in [0, 0.05) is 18.2 Å². The summed E-state index contributed by atoms with van der Waals surface area (Å²) in [5.74, 6) is 1.31. The summed E-state index contributed by atoms with van der Waals surface area (Å²) in [5.41, 5.74) is 7.03. The molecule has 0 atom stereocenters. The Labute approximate surface area is 104 Å². The van der Waals surface area contributed by atoms with Crippen LogP contribution in [0.2, 0.25) is 5.02 Å². The molecule has 0 saturated heterocycles. The maximum Gasteiger partial charge on any atom is 0.167 e. The molecule has 90 valence electrons. The third kappa shape index (κ3) is 2.60. The molecule has 2 rings (SSSR count). The first-order chi connectivity index (χ1) is 8.24. The minimum Gasteiger partial charge on any atom is -0.492 e. The van der Waals surface area contributed by atoms with Crippen molar-refractivity contribution >= 4 is 11.6 Å². The predicted molar refractivity (Wildman–Crippen MR) is 66.0 cm³/mol. The van der Waals surface area contributed by atoms with Gasteiger partial charge in [0.1, 0.15) is 5.75 Å². The second kappa shape index (κ2) is 5.21. The zero-order chi connectivity index (χ0) is 12.3. The van der Waals surface area contributed by atoms with Crippen molar-refractivity contribution in [3.05, 3.63) is 35.0 Å². The summed E-state index contributed by atoms with van der Waals surface area (Å²) < 4.78 is 10.5. The minimum absolute atomic E-state index is 0.355. The number of aromatic nitrogens is 1. The van der Waals surface area contributed by atoms with Crippen LogP contribution in [0.4, 0.5) is 0 Å². The summed E-state index contributed by atoms with van der Waals surface area (Å²) in [7, 11) is 0. The molecule has 0 bridgehead atoms. The van der Waals surface area contributed by atoms with Gasteiger partial charge in [0.25, 0.3) is 0 Å².